The number of carbonyl (C=O) groups is 1. The van der Waals surface area contributed by atoms with E-state index in [2.05, 4.69) is 15.5 Å². The van der Waals surface area contributed by atoms with E-state index in [1.165, 1.54) is 11.8 Å². The van der Waals surface area contributed by atoms with Crippen LogP contribution in [0.3, 0.4) is 0 Å². The van der Waals surface area contributed by atoms with Crippen LogP contribution in [0.2, 0.25) is 5.02 Å². The highest BCUT2D eigenvalue weighted by molar-refractivity contribution is 7.99. The Morgan fingerprint density at radius 3 is 2.62 bits per heavy atom. The number of carbonyl (C=O) groups excluding carboxylic acids is 1. The zero-order valence-electron chi connectivity index (χ0n) is 15.5. The van der Waals surface area contributed by atoms with E-state index in [4.69, 9.17) is 16.1 Å². The van der Waals surface area contributed by atoms with Crippen molar-refractivity contribution in [2.24, 2.45) is 0 Å². The molecule has 0 spiro atoms. The van der Waals surface area contributed by atoms with Crippen LogP contribution in [0, 0.1) is 6.92 Å². The number of halogens is 1. The zero-order valence-corrected chi connectivity index (χ0v) is 17.1. The normalized spacial score (nSPS) is 10.8. The maximum absolute atomic E-state index is 12.3. The predicted octanol–water partition coefficient (Wildman–Crippen LogP) is 5.22. The first kappa shape index (κ1) is 19.3. The smallest absolute Gasteiger partial charge is 0.236 e. The van der Waals surface area contributed by atoms with E-state index < -0.39 is 0 Å². The van der Waals surface area contributed by atoms with Crippen LogP contribution in [0.4, 0.5) is 5.82 Å². The number of imidazole rings is 1. The van der Waals surface area contributed by atoms with Crippen molar-refractivity contribution in [1.82, 2.24) is 14.7 Å². The summed E-state index contributed by atoms with van der Waals surface area (Å²) in [5.74, 6) is 1.04. The van der Waals surface area contributed by atoms with Crippen LogP contribution in [0.5, 0.6) is 0 Å². The Morgan fingerprint density at radius 1 is 1.17 bits per heavy atom. The molecule has 0 radical (unpaired) electrons. The Kier molecular flexibility index (Phi) is 5.69. The summed E-state index contributed by atoms with van der Waals surface area (Å²) >= 11 is 7.40. The van der Waals surface area contributed by atoms with Crippen molar-refractivity contribution in [2.45, 2.75) is 12.1 Å². The number of hydrogen-bond donors (Lipinski definition) is 1. The maximum atomic E-state index is 12.3. The first-order valence-electron chi connectivity index (χ1n) is 8.85. The minimum Gasteiger partial charge on any atom is -0.360 e. The SMILES string of the molecule is Cc1cc(NC(=O)CSc2ncc(-c3ccccc3)n2-c2ccc(Cl)cc2)no1. The third-order valence-electron chi connectivity index (χ3n) is 4.11. The Hall–Kier alpha value is -3.03. The van der Waals surface area contributed by atoms with Gasteiger partial charge in [-0.3, -0.25) is 9.36 Å². The maximum Gasteiger partial charge on any atom is 0.236 e. The molecule has 1 N–H and O–H groups in total. The molecule has 0 bridgehead atoms. The van der Waals surface area contributed by atoms with Gasteiger partial charge >= 0.3 is 0 Å². The monoisotopic (exact) mass is 424 g/mol. The van der Waals surface area contributed by atoms with Crippen molar-refractivity contribution in [1.29, 1.82) is 0 Å². The molecule has 0 aliphatic rings. The standard InChI is InChI=1S/C21H17ClN4O2S/c1-14-11-19(25-28-14)24-20(27)13-29-21-23-12-18(15-5-3-2-4-6-15)26(21)17-9-7-16(22)8-10-17/h2-12H,13H2,1H3,(H,24,25,27). The molecule has 0 saturated carbocycles. The van der Waals surface area contributed by atoms with E-state index >= 15 is 0 Å². The lowest BCUT2D eigenvalue weighted by atomic mass is 10.1. The molecule has 146 valence electrons. The Bertz CT molecular complexity index is 1120. The van der Waals surface area contributed by atoms with Crippen molar-refractivity contribution >= 4 is 35.1 Å². The number of benzene rings is 2. The number of aryl methyl sites for hydroxylation is 1. The van der Waals surface area contributed by atoms with Gasteiger partial charge in [0, 0.05) is 22.3 Å². The highest BCUT2D eigenvalue weighted by Crippen LogP contribution is 2.30. The van der Waals surface area contributed by atoms with Gasteiger partial charge in [0.05, 0.1) is 17.6 Å². The molecule has 0 unspecified atom stereocenters. The Morgan fingerprint density at radius 2 is 1.93 bits per heavy atom. The van der Waals surface area contributed by atoms with Crippen molar-refractivity contribution in [3.8, 4) is 16.9 Å². The van der Waals surface area contributed by atoms with E-state index in [0.29, 0.717) is 21.8 Å². The van der Waals surface area contributed by atoms with Crippen LogP contribution >= 0.6 is 23.4 Å². The number of thioether (sulfide) groups is 1. The largest absolute Gasteiger partial charge is 0.360 e. The first-order valence-corrected chi connectivity index (χ1v) is 10.2. The third-order valence-corrected chi connectivity index (χ3v) is 5.32. The highest BCUT2D eigenvalue weighted by atomic mass is 35.5. The molecule has 0 aliphatic carbocycles. The van der Waals surface area contributed by atoms with Crippen molar-refractivity contribution in [2.75, 3.05) is 11.1 Å². The molecule has 0 atom stereocenters. The summed E-state index contributed by atoms with van der Waals surface area (Å²) in [6, 6.07) is 19.2. The second-order valence-electron chi connectivity index (χ2n) is 6.26. The first-order chi connectivity index (χ1) is 14.1. The molecule has 0 aliphatic heterocycles. The summed E-state index contributed by atoms with van der Waals surface area (Å²) in [4.78, 5) is 16.8. The molecular formula is C21H17ClN4O2S. The van der Waals surface area contributed by atoms with Gasteiger partial charge in [-0.2, -0.15) is 0 Å². The van der Waals surface area contributed by atoms with E-state index in [0.717, 1.165) is 16.9 Å². The third kappa shape index (κ3) is 4.52. The predicted molar refractivity (Wildman–Crippen MR) is 115 cm³/mol. The van der Waals surface area contributed by atoms with Gasteiger partial charge in [0.1, 0.15) is 5.76 Å². The fourth-order valence-electron chi connectivity index (χ4n) is 2.82. The van der Waals surface area contributed by atoms with Crippen molar-refractivity contribution in [3.63, 3.8) is 0 Å². The summed E-state index contributed by atoms with van der Waals surface area (Å²) in [6.07, 6.45) is 1.81. The number of amides is 1. The van der Waals surface area contributed by atoms with E-state index in [1.807, 2.05) is 65.4 Å². The van der Waals surface area contributed by atoms with Crippen molar-refractivity contribution < 1.29 is 9.32 Å². The number of aromatic nitrogens is 3. The van der Waals surface area contributed by atoms with Crippen LogP contribution < -0.4 is 5.32 Å². The summed E-state index contributed by atoms with van der Waals surface area (Å²) in [5.41, 5.74) is 2.88. The number of anilines is 1. The lowest BCUT2D eigenvalue weighted by Crippen LogP contribution is -2.14. The van der Waals surface area contributed by atoms with Crippen LogP contribution in [-0.4, -0.2) is 26.4 Å². The summed E-state index contributed by atoms with van der Waals surface area (Å²) in [6.45, 7) is 1.77. The lowest BCUT2D eigenvalue weighted by molar-refractivity contribution is -0.113. The van der Waals surface area contributed by atoms with E-state index in [9.17, 15) is 4.79 Å². The molecule has 0 fully saturated rings. The molecule has 2 aromatic carbocycles. The minimum atomic E-state index is -0.185. The second kappa shape index (κ2) is 8.55. The second-order valence-corrected chi connectivity index (χ2v) is 7.64. The van der Waals surface area contributed by atoms with Gasteiger partial charge in [0.25, 0.3) is 0 Å². The Labute approximate surface area is 176 Å². The molecule has 2 aromatic heterocycles. The molecule has 4 aromatic rings. The molecule has 29 heavy (non-hydrogen) atoms. The van der Waals surface area contributed by atoms with Gasteiger partial charge in [-0.1, -0.05) is 58.9 Å². The number of rotatable bonds is 6. The molecule has 8 heteroatoms. The fourth-order valence-corrected chi connectivity index (χ4v) is 3.74. The van der Waals surface area contributed by atoms with Crippen molar-refractivity contribution in [3.05, 3.63) is 77.6 Å². The van der Waals surface area contributed by atoms with Gasteiger partial charge in [0.2, 0.25) is 5.91 Å². The summed E-state index contributed by atoms with van der Waals surface area (Å²) in [5, 5.41) is 7.86. The van der Waals surface area contributed by atoms with Gasteiger partial charge in [-0.05, 0) is 31.2 Å². The van der Waals surface area contributed by atoms with Gasteiger partial charge in [-0.15, -0.1) is 0 Å². The van der Waals surface area contributed by atoms with Crippen LogP contribution in [0.25, 0.3) is 16.9 Å². The van der Waals surface area contributed by atoms with Crippen LogP contribution in [-0.2, 0) is 4.79 Å². The van der Waals surface area contributed by atoms with E-state index in [1.54, 1.807) is 13.0 Å². The zero-order chi connectivity index (χ0) is 20.2. The summed E-state index contributed by atoms with van der Waals surface area (Å²) in [7, 11) is 0. The van der Waals surface area contributed by atoms with Crippen LogP contribution in [0.1, 0.15) is 5.76 Å². The average molecular weight is 425 g/mol. The number of hydrogen-bond acceptors (Lipinski definition) is 5. The van der Waals surface area contributed by atoms with Gasteiger partial charge in [0.15, 0.2) is 11.0 Å². The molecule has 0 saturated heterocycles. The fraction of sp³-hybridized carbons (Fsp3) is 0.0952. The number of nitrogens with one attached hydrogen (secondary N) is 1. The molecule has 2 heterocycles. The lowest BCUT2D eigenvalue weighted by Gasteiger charge is -2.12. The molecule has 1 amide bonds. The minimum absolute atomic E-state index is 0.185. The quantitative estimate of drug-likeness (QED) is 0.429. The summed E-state index contributed by atoms with van der Waals surface area (Å²) < 4.78 is 6.99. The highest BCUT2D eigenvalue weighted by Gasteiger charge is 2.16. The topological polar surface area (TPSA) is 73.0 Å². The molecule has 4 rings (SSSR count). The van der Waals surface area contributed by atoms with Crippen LogP contribution in [0.15, 0.2) is 76.5 Å². The molecular weight excluding hydrogens is 408 g/mol. The Balaban J connectivity index is 1.60. The number of nitrogens with zero attached hydrogens (tertiary/aromatic N) is 3. The molecule has 6 nitrogen and oxygen atoms in total. The van der Waals surface area contributed by atoms with Gasteiger partial charge in [-0.25, -0.2) is 4.98 Å². The average Bonchev–Trinajstić information content (AvgIpc) is 3.34. The van der Waals surface area contributed by atoms with Gasteiger partial charge < -0.3 is 9.84 Å². The van der Waals surface area contributed by atoms with E-state index in [-0.39, 0.29) is 11.7 Å².